The van der Waals surface area contributed by atoms with Gasteiger partial charge in [0.2, 0.25) is 5.91 Å². The summed E-state index contributed by atoms with van der Waals surface area (Å²) in [5, 5.41) is 16.7. The Morgan fingerprint density at radius 2 is 2.19 bits per heavy atom. The van der Waals surface area contributed by atoms with Crippen molar-refractivity contribution in [3.05, 3.63) is 40.3 Å². The number of nitrogens with zero attached hydrogens (tertiary/aromatic N) is 2. The summed E-state index contributed by atoms with van der Waals surface area (Å²) in [5.41, 5.74) is 3.77. The van der Waals surface area contributed by atoms with E-state index in [-0.39, 0.29) is 18.0 Å². The first kappa shape index (κ1) is 16.9. The number of fused-ring (bicyclic) bond motifs is 2. The van der Waals surface area contributed by atoms with E-state index >= 15 is 0 Å². The van der Waals surface area contributed by atoms with Gasteiger partial charge in [-0.15, -0.1) is 11.3 Å². The SMILES string of the molecule is CC1(C)CN(CC(=O)Nc2sc3c(c2C#N)CCC3)c2ccccc2N1. The minimum atomic E-state index is -0.115. The second-order valence-electron chi connectivity index (χ2n) is 7.60. The number of rotatable bonds is 3. The Kier molecular flexibility index (Phi) is 4.12. The highest BCUT2D eigenvalue weighted by Crippen LogP contribution is 2.39. The molecule has 5 nitrogen and oxygen atoms in total. The minimum absolute atomic E-state index is 0.0751. The summed E-state index contributed by atoms with van der Waals surface area (Å²) in [4.78, 5) is 16.1. The lowest BCUT2D eigenvalue weighted by Crippen LogP contribution is -2.50. The van der Waals surface area contributed by atoms with Gasteiger partial charge in [0.05, 0.1) is 23.5 Å². The summed E-state index contributed by atoms with van der Waals surface area (Å²) in [6, 6.07) is 10.3. The van der Waals surface area contributed by atoms with Gasteiger partial charge in [-0.2, -0.15) is 5.26 Å². The predicted molar refractivity (Wildman–Crippen MR) is 106 cm³/mol. The number of benzene rings is 1. The van der Waals surface area contributed by atoms with Crippen molar-refractivity contribution < 1.29 is 4.79 Å². The van der Waals surface area contributed by atoms with E-state index in [1.54, 1.807) is 11.3 Å². The van der Waals surface area contributed by atoms with Crippen LogP contribution in [0.15, 0.2) is 24.3 Å². The van der Waals surface area contributed by atoms with Crippen molar-refractivity contribution >= 4 is 33.6 Å². The van der Waals surface area contributed by atoms with Crippen molar-refractivity contribution in [3.8, 4) is 6.07 Å². The average molecular weight is 366 g/mol. The van der Waals surface area contributed by atoms with Gasteiger partial charge >= 0.3 is 0 Å². The molecule has 0 saturated heterocycles. The molecule has 1 aromatic heterocycles. The molecule has 26 heavy (non-hydrogen) atoms. The van der Waals surface area contributed by atoms with Crippen molar-refractivity contribution in [3.63, 3.8) is 0 Å². The average Bonchev–Trinajstić information content (AvgIpc) is 3.14. The Morgan fingerprint density at radius 3 is 3.00 bits per heavy atom. The Balaban J connectivity index is 1.53. The molecule has 0 atom stereocenters. The summed E-state index contributed by atoms with van der Waals surface area (Å²) in [6.45, 7) is 5.27. The highest BCUT2D eigenvalue weighted by molar-refractivity contribution is 7.16. The zero-order valence-electron chi connectivity index (χ0n) is 15.1. The molecule has 134 valence electrons. The third-order valence-corrected chi connectivity index (χ3v) is 6.13. The van der Waals surface area contributed by atoms with Crippen LogP contribution in [0.3, 0.4) is 0 Å². The van der Waals surface area contributed by atoms with Crippen molar-refractivity contribution in [1.29, 1.82) is 5.26 Å². The summed E-state index contributed by atoms with van der Waals surface area (Å²) in [5.74, 6) is -0.0751. The van der Waals surface area contributed by atoms with Gasteiger partial charge in [0.25, 0.3) is 0 Å². The normalized spacial score (nSPS) is 17.0. The summed E-state index contributed by atoms with van der Waals surface area (Å²) in [7, 11) is 0. The number of hydrogen-bond acceptors (Lipinski definition) is 5. The van der Waals surface area contributed by atoms with Crippen LogP contribution >= 0.6 is 11.3 Å². The van der Waals surface area contributed by atoms with E-state index in [4.69, 9.17) is 0 Å². The van der Waals surface area contributed by atoms with Gasteiger partial charge in [0, 0.05) is 17.0 Å². The Hall–Kier alpha value is -2.52. The number of carbonyl (C=O) groups excluding carboxylic acids is 1. The number of carbonyl (C=O) groups is 1. The lowest BCUT2D eigenvalue weighted by atomic mass is 9.99. The van der Waals surface area contributed by atoms with Gasteiger partial charge in [-0.25, -0.2) is 0 Å². The van der Waals surface area contributed by atoms with Gasteiger partial charge in [0.1, 0.15) is 11.1 Å². The Bertz CT molecular complexity index is 909. The number of nitrogens with one attached hydrogen (secondary N) is 2. The number of amides is 1. The van der Waals surface area contributed by atoms with Crippen molar-refractivity contribution in [2.45, 2.75) is 38.6 Å². The molecule has 2 N–H and O–H groups in total. The van der Waals surface area contributed by atoms with Gasteiger partial charge in [-0.3, -0.25) is 4.79 Å². The van der Waals surface area contributed by atoms with E-state index < -0.39 is 0 Å². The smallest absolute Gasteiger partial charge is 0.244 e. The fourth-order valence-corrected chi connectivity index (χ4v) is 5.17. The third kappa shape index (κ3) is 3.04. The lowest BCUT2D eigenvalue weighted by molar-refractivity contribution is -0.115. The maximum atomic E-state index is 12.7. The van der Waals surface area contributed by atoms with Crippen LogP contribution in [0.1, 0.15) is 36.3 Å². The van der Waals surface area contributed by atoms with Crippen LogP contribution in [0, 0.1) is 11.3 Å². The first-order valence-electron chi connectivity index (χ1n) is 8.93. The zero-order valence-corrected chi connectivity index (χ0v) is 15.9. The van der Waals surface area contributed by atoms with Crippen LogP contribution in [0.25, 0.3) is 0 Å². The molecule has 0 fully saturated rings. The predicted octanol–water partition coefficient (Wildman–Crippen LogP) is 3.76. The molecular formula is C20H22N4OS. The number of nitriles is 1. The van der Waals surface area contributed by atoms with Gasteiger partial charge in [0.15, 0.2) is 0 Å². The molecule has 0 bridgehead atoms. The molecule has 6 heteroatoms. The molecule has 0 saturated carbocycles. The highest BCUT2D eigenvalue weighted by Gasteiger charge is 2.30. The highest BCUT2D eigenvalue weighted by atomic mass is 32.1. The van der Waals surface area contributed by atoms with E-state index in [1.807, 2.05) is 24.3 Å². The number of thiophene rings is 1. The molecule has 2 aliphatic rings. The second-order valence-corrected chi connectivity index (χ2v) is 8.71. The van der Waals surface area contributed by atoms with E-state index in [0.717, 1.165) is 42.7 Å². The summed E-state index contributed by atoms with van der Waals surface area (Å²) >= 11 is 1.56. The zero-order chi connectivity index (χ0) is 18.3. The van der Waals surface area contributed by atoms with Crippen molar-refractivity contribution in [2.75, 3.05) is 28.6 Å². The van der Waals surface area contributed by atoms with Crippen molar-refractivity contribution in [2.24, 2.45) is 0 Å². The minimum Gasteiger partial charge on any atom is -0.377 e. The number of hydrogen-bond donors (Lipinski definition) is 2. The van der Waals surface area contributed by atoms with E-state index in [0.29, 0.717) is 10.6 Å². The summed E-state index contributed by atoms with van der Waals surface area (Å²) < 4.78 is 0. The standard InChI is InChI=1S/C20H22N4OS/c1-20(2)12-24(16-8-4-3-7-15(16)23-20)11-18(25)22-19-14(10-21)13-6-5-9-17(13)26-19/h3-4,7-8,23H,5-6,9,11-12H2,1-2H3,(H,22,25). The van der Waals surface area contributed by atoms with Crippen molar-refractivity contribution in [1.82, 2.24) is 0 Å². The largest absolute Gasteiger partial charge is 0.377 e. The monoisotopic (exact) mass is 366 g/mol. The molecule has 0 unspecified atom stereocenters. The molecule has 1 aromatic carbocycles. The van der Waals surface area contributed by atoms with Gasteiger partial charge in [-0.1, -0.05) is 12.1 Å². The maximum Gasteiger partial charge on any atom is 0.244 e. The van der Waals surface area contributed by atoms with E-state index in [2.05, 4.69) is 35.5 Å². The molecule has 4 rings (SSSR count). The molecule has 0 spiro atoms. The fourth-order valence-electron chi connectivity index (χ4n) is 3.91. The van der Waals surface area contributed by atoms with Crippen LogP contribution in [-0.4, -0.2) is 24.5 Å². The van der Waals surface area contributed by atoms with Gasteiger partial charge < -0.3 is 15.5 Å². The number of aryl methyl sites for hydroxylation is 1. The molecular weight excluding hydrogens is 344 g/mol. The quantitative estimate of drug-likeness (QED) is 0.868. The first-order valence-corrected chi connectivity index (χ1v) is 9.75. The van der Waals surface area contributed by atoms with Crippen LogP contribution in [-0.2, 0) is 17.6 Å². The van der Waals surface area contributed by atoms with Crippen LogP contribution in [0.2, 0.25) is 0 Å². The molecule has 0 radical (unpaired) electrons. The summed E-state index contributed by atoms with van der Waals surface area (Å²) in [6.07, 6.45) is 3.07. The Morgan fingerprint density at radius 1 is 1.38 bits per heavy atom. The van der Waals surface area contributed by atoms with Crippen LogP contribution in [0.4, 0.5) is 16.4 Å². The Labute approximate surface area is 157 Å². The number of para-hydroxylation sites is 2. The molecule has 1 aliphatic heterocycles. The van der Waals surface area contributed by atoms with Crippen LogP contribution in [0.5, 0.6) is 0 Å². The molecule has 1 amide bonds. The first-order chi connectivity index (χ1) is 12.5. The molecule has 2 aromatic rings. The maximum absolute atomic E-state index is 12.7. The number of anilines is 3. The molecule has 1 aliphatic carbocycles. The third-order valence-electron chi connectivity index (χ3n) is 4.92. The topological polar surface area (TPSA) is 68.2 Å². The van der Waals surface area contributed by atoms with E-state index in [9.17, 15) is 10.1 Å². The van der Waals surface area contributed by atoms with Gasteiger partial charge in [-0.05, 0) is 50.8 Å². The molecule has 2 heterocycles. The fraction of sp³-hybridized carbons (Fsp3) is 0.400. The van der Waals surface area contributed by atoms with E-state index in [1.165, 1.54) is 4.88 Å². The van der Waals surface area contributed by atoms with Crippen LogP contribution < -0.4 is 15.5 Å². The second kappa shape index (κ2) is 6.33. The lowest BCUT2D eigenvalue weighted by Gasteiger charge is -2.41.